The van der Waals surface area contributed by atoms with Crippen molar-refractivity contribution in [1.82, 2.24) is 14.5 Å². The summed E-state index contributed by atoms with van der Waals surface area (Å²) in [6, 6.07) is 12.2. The van der Waals surface area contributed by atoms with E-state index in [1.807, 2.05) is 29.0 Å². The van der Waals surface area contributed by atoms with Crippen molar-refractivity contribution in [3.05, 3.63) is 53.9 Å². The van der Waals surface area contributed by atoms with Gasteiger partial charge < -0.3 is 10.3 Å². The first-order valence-corrected chi connectivity index (χ1v) is 6.36. The first-order chi connectivity index (χ1) is 9.24. The van der Waals surface area contributed by atoms with Gasteiger partial charge in [-0.1, -0.05) is 12.1 Å². The lowest BCUT2D eigenvalue weighted by atomic mass is 10.2. The van der Waals surface area contributed by atoms with Crippen molar-refractivity contribution >= 4 is 17.0 Å². The lowest BCUT2D eigenvalue weighted by molar-refractivity contribution is 0.713. The Bertz CT molecular complexity index is 701. The van der Waals surface area contributed by atoms with Gasteiger partial charge in [-0.2, -0.15) is 0 Å². The Morgan fingerprint density at radius 3 is 2.89 bits per heavy atom. The summed E-state index contributed by atoms with van der Waals surface area (Å²) in [5.74, 6) is 0.566. The standard InChI is InChI=1S/C15H16N4/c1-11-5-6-14-13(10-11)18-15(16)19(14)9-7-12-4-2-3-8-17-12/h2-6,8,10H,7,9H2,1H3,(H2,16,18). The van der Waals surface area contributed by atoms with E-state index in [4.69, 9.17) is 5.73 Å². The van der Waals surface area contributed by atoms with Crippen molar-refractivity contribution in [2.75, 3.05) is 5.73 Å². The maximum absolute atomic E-state index is 6.00. The second-order valence-corrected chi connectivity index (χ2v) is 4.68. The predicted molar refractivity (Wildman–Crippen MR) is 76.8 cm³/mol. The molecule has 2 N–H and O–H groups in total. The van der Waals surface area contributed by atoms with Crippen molar-refractivity contribution in [2.24, 2.45) is 0 Å². The number of hydrogen-bond acceptors (Lipinski definition) is 3. The third kappa shape index (κ3) is 2.29. The number of nitrogen functional groups attached to an aromatic ring is 1. The topological polar surface area (TPSA) is 56.7 Å². The first-order valence-electron chi connectivity index (χ1n) is 6.36. The van der Waals surface area contributed by atoms with E-state index in [1.54, 1.807) is 0 Å². The van der Waals surface area contributed by atoms with Crippen LogP contribution < -0.4 is 5.73 Å². The van der Waals surface area contributed by atoms with E-state index >= 15 is 0 Å². The third-order valence-electron chi connectivity index (χ3n) is 3.25. The molecule has 0 amide bonds. The molecule has 4 nitrogen and oxygen atoms in total. The van der Waals surface area contributed by atoms with Crippen molar-refractivity contribution in [3.8, 4) is 0 Å². The zero-order valence-corrected chi connectivity index (χ0v) is 10.9. The number of fused-ring (bicyclic) bond motifs is 1. The molecular weight excluding hydrogens is 236 g/mol. The molecule has 0 aliphatic rings. The van der Waals surface area contributed by atoms with Gasteiger partial charge in [0, 0.05) is 24.9 Å². The van der Waals surface area contributed by atoms with Crippen LogP contribution in [-0.4, -0.2) is 14.5 Å². The van der Waals surface area contributed by atoms with Crippen LogP contribution in [0.1, 0.15) is 11.3 Å². The lowest BCUT2D eigenvalue weighted by Crippen LogP contribution is -2.06. The zero-order chi connectivity index (χ0) is 13.2. The van der Waals surface area contributed by atoms with Gasteiger partial charge >= 0.3 is 0 Å². The highest BCUT2D eigenvalue weighted by atomic mass is 15.1. The zero-order valence-electron chi connectivity index (χ0n) is 10.9. The number of nitrogens with zero attached hydrogens (tertiary/aromatic N) is 3. The highest BCUT2D eigenvalue weighted by Gasteiger charge is 2.08. The van der Waals surface area contributed by atoms with Crippen molar-refractivity contribution < 1.29 is 0 Å². The van der Waals surface area contributed by atoms with Crippen molar-refractivity contribution in [2.45, 2.75) is 19.9 Å². The molecule has 0 saturated heterocycles. The van der Waals surface area contributed by atoms with Crippen LogP contribution in [0.25, 0.3) is 11.0 Å². The Morgan fingerprint density at radius 1 is 1.21 bits per heavy atom. The molecule has 0 bridgehead atoms. The summed E-state index contributed by atoms with van der Waals surface area (Å²) in [5.41, 5.74) is 10.3. The Labute approximate surface area is 111 Å². The molecule has 96 valence electrons. The van der Waals surface area contributed by atoms with Gasteiger partial charge in [0.25, 0.3) is 0 Å². The summed E-state index contributed by atoms with van der Waals surface area (Å²) in [7, 11) is 0. The molecule has 2 aromatic heterocycles. The van der Waals surface area contributed by atoms with Gasteiger partial charge in [0.1, 0.15) is 0 Å². The van der Waals surface area contributed by atoms with E-state index < -0.39 is 0 Å². The molecule has 1 aromatic carbocycles. The number of hydrogen-bond donors (Lipinski definition) is 1. The Hall–Kier alpha value is -2.36. The largest absolute Gasteiger partial charge is 0.369 e. The summed E-state index contributed by atoms with van der Waals surface area (Å²) >= 11 is 0. The van der Waals surface area contributed by atoms with Crippen LogP contribution in [0.15, 0.2) is 42.6 Å². The summed E-state index contributed by atoms with van der Waals surface area (Å²) in [6.45, 7) is 2.85. The molecule has 0 aliphatic heterocycles. The molecule has 3 rings (SSSR count). The van der Waals surface area contributed by atoms with Crippen LogP contribution >= 0.6 is 0 Å². The fourth-order valence-electron chi connectivity index (χ4n) is 2.27. The number of aromatic nitrogens is 3. The number of aryl methyl sites for hydroxylation is 3. The molecule has 4 heteroatoms. The Balaban J connectivity index is 1.90. The van der Waals surface area contributed by atoms with Gasteiger partial charge in [0.15, 0.2) is 0 Å². The van der Waals surface area contributed by atoms with Crippen molar-refractivity contribution in [3.63, 3.8) is 0 Å². The van der Waals surface area contributed by atoms with E-state index in [1.165, 1.54) is 5.56 Å². The number of anilines is 1. The molecule has 2 heterocycles. The summed E-state index contributed by atoms with van der Waals surface area (Å²) in [5, 5.41) is 0. The number of pyridine rings is 1. The highest BCUT2D eigenvalue weighted by molar-refractivity contribution is 5.79. The molecule has 19 heavy (non-hydrogen) atoms. The number of nitrogens with two attached hydrogens (primary N) is 1. The number of benzene rings is 1. The average Bonchev–Trinajstić information content (AvgIpc) is 2.72. The summed E-state index contributed by atoms with van der Waals surface area (Å²) < 4.78 is 2.05. The smallest absolute Gasteiger partial charge is 0.201 e. The van der Waals surface area contributed by atoms with Crippen LogP contribution in [0.5, 0.6) is 0 Å². The third-order valence-corrected chi connectivity index (χ3v) is 3.25. The van der Waals surface area contributed by atoms with E-state index in [9.17, 15) is 0 Å². The maximum Gasteiger partial charge on any atom is 0.201 e. The quantitative estimate of drug-likeness (QED) is 0.779. The van der Waals surface area contributed by atoms with Gasteiger partial charge in [-0.15, -0.1) is 0 Å². The average molecular weight is 252 g/mol. The second kappa shape index (κ2) is 4.72. The van der Waals surface area contributed by atoms with E-state index in [0.717, 1.165) is 29.7 Å². The van der Waals surface area contributed by atoms with Gasteiger partial charge in [-0.25, -0.2) is 4.98 Å². The van der Waals surface area contributed by atoms with Gasteiger partial charge in [-0.3, -0.25) is 4.98 Å². The second-order valence-electron chi connectivity index (χ2n) is 4.68. The monoisotopic (exact) mass is 252 g/mol. The molecule has 0 radical (unpaired) electrons. The van der Waals surface area contributed by atoms with E-state index in [0.29, 0.717) is 5.95 Å². The molecule has 0 unspecified atom stereocenters. The predicted octanol–water partition coefficient (Wildman–Crippen LogP) is 2.56. The van der Waals surface area contributed by atoms with Gasteiger partial charge in [-0.05, 0) is 36.8 Å². The lowest BCUT2D eigenvalue weighted by Gasteiger charge is -2.06. The van der Waals surface area contributed by atoms with Crippen LogP contribution in [0.2, 0.25) is 0 Å². The summed E-state index contributed by atoms with van der Waals surface area (Å²) in [4.78, 5) is 8.73. The Kier molecular flexibility index (Phi) is 2.91. The summed E-state index contributed by atoms with van der Waals surface area (Å²) in [6.07, 6.45) is 2.67. The van der Waals surface area contributed by atoms with Crippen molar-refractivity contribution in [1.29, 1.82) is 0 Å². The van der Waals surface area contributed by atoms with E-state index in [2.05, 4.69) is 35.1 Å². The normalized spacial score (nSPS) is 11.0. The fourth-order valence-corrected chi connectivity index (χ4v) is 2.27. The maximum atomic E-state index is 6.00. The Morgan fingerprint density at radius 2 is 2.11 bits per heavy atom. The molecular formula is C15H16N4. The molecule has 3 aromatic rings. The number of rotatable bonds is 3. The van der Waals surface area contributed by atoms with Crippen LogP contribution in [0.4, 0.5) is 5.95 Å². The van der Waals surface area contributed by atoms with E-state index in [-0.39, 0.29) is 0 Å². The highest BCUT2D eigenvalue weighted by Crippen LogP contribution is 2.19. The minimum atomic E-state index is 0.566. The molecule has 0 spiro atoms. The molecule has 0 aliphatic carbocycles. The molecule has 0 saturated carbocycles. The molecule has 0 fully saturated rings. The van der Waals surface area contributed by atoms with Gasteiger partial charge in [0.05, 0.1) is 11.0 Å². The van der Waals surface area contributed by atoms with Crippen LogP contribution in [0, 0.1) is 6.92 Å². The SMILES string of the molecule is Cc1ccc2c(c1)nc(N)n2CCc1ccccn1. The van der Waals surface area contributed by atoms with Crippen LogP contribution in [0.3, 0.4) is 0 Å². The van der Waals surface area contributed by atoms with Gasteiger partial charge in [0.2, 0.25) is 5.95 Å². The molecule has 0 atom stereocenters. The minimum absolute atomic E-state index is 0.566. The van der Waals surface area contributed by atoms with Crippen LogP contribution in [-0.2, 0) is 13.0 Å². The number of imidazole rings is 1. The first kappa shape index (κ1) is 11.7. The minimum Gasteiger partial charge on any atom is -0.369 e. The fraction of sp³-hybridized carbons (Fsp3) is 0.200.